The highest BCUT2D eigenvalue weighted by Crippen LogP contribution is 2.29. The number of nitriles is 1. The number of hydrogen-bond donors (Lipinski definition) is 3. The highest BCUT2D eigenvalue weighted by molar-refractivity contribution is 5.93. The molecule has 202 valence electrons. The Morgan fingerprint density at radius 1 is 1.05 bits per heavy atom. The molecule has 2 aromatic rings. The summed E-state index contributed by atoms with van der Waals surface area (Å²) >= 11 is 0. The molecule has 1 fully saturated rings. The molecule has 1 atom stereocenters. The molecule has 0 bridgehead atoms. The summed E-state index contributed by atoms with van der Waals surface area (Å²) in [5.41, 5.74) is 5.24. The van der Waals surface area contributed by atoms with Crippen molar-refractivity contribution in [3.63, 3.8) is 0 Å². The van der Waals surface area contributed by atoms with Crippen LogP contribution in [0.25, 0.3) is 11.1 Å². The molecule has 0 aliphatic heterocycles. The van der Waals surface area contributed by atoms with Crippen LogP contribution in [0.3, 0.4) is 0 Å². The number of carbonyl (C=O) groups is 3. The van der Waals surface area contributed by atoms with Gasteiger partial charge < -0.3 is 21.1 Å². The molecule has 2 aromatic carbocycles. The number of primary amides is 1. The summed E-state index contributed by atoms with van der Waals surface area (Å²) in [5, 5.41) is 15.4. The summed E-state index contributed by atoms with van der Waals surface area (Å²) in [7, 11) is 0. The third-order valence-corrected chi connectivity index (χ3v) is 6.55. The predicted octanol–water partition coefficient (Wildman–Crippen LogP) is 4.76. The standard InChI is InChI=1S/C29H35FN4O4/c1-28(2,3)38-27(37)34-29(14-6-4-5-7-15-29)26(36)33-22(18-31)16-19-8-10-20(11-9-19)21-12-13-23(25(32)35)24(30)17-21/h8-13,17,22H,4-7,14-16H2,1-3H3,(H2,32,35)(H,33,36)(H,34,37)/t22-/m0/s1. The molecule has 9 heteroatoms. The minimum absolute atomic E-state index is 0.175. The minimum atomic E-state index is -1.14. The first-order valence-corrected chi connectivity index (χ1v) is 12.8. The van der Waals surface area contributed by atoms with E-state index in [4.69, 9.17) is 10.5 Å². The van der Waals surface area contributed by atoms with Gasteiger partial charge in [0.15, 0.2) is 0 Å². The second kappa shape index (κ2) is 12.1. The summed E-state index contributed by atoms with van der Waals surface area (Å²) in [5.74, 6) is -1.92. The Morgan fingerprint density at radius 2 is 1.66 bits per heavy atom. The van der Waals surface area contributed by atoms with E-state index in [0.29, 0.717) is 18.4 Å². The van der Waals surface area contributed by atoms with Crippen LogP contribution in [0.1, 0.15) is 75.2 Å². The average Bonchev–Trinajstić information content (AvgIpc) is 3.09. The van der Waals surface area contributed by atoms with Crippen LogP contribution >= 0.6 is 0 Å². The SMILES string of the molecule is CC(C)(C)OC(=O)NC1(C(=O)N[C@H](C#N)Cc2ccc(-c3ccc(C(N)=O)c(F)c3)cc2)CCCCCC1. The van der Waals surface area contributed by atoms with Gasteiger partial charge in [0, 0.05) is 6.42 Å². The lowest BCUT2D eigenvalue weighted by Crippen LogP contribution is -2.60. The van der Waals surface area contributed by atoms with Crippen LogP contribution in [0, 0.1) is 17.1 Å². The summed E-state index contributed by atoms with van der Waals surface area (Å²) in [4.78, 5) is 37.3. The maximum Gasteiger partial charge on any atom is 0.408 e. The first kappa shape index (κ1) is 28.6. The first-order chi connectivity index (χ1) is 17.9. The van der Waals surface area contributed by atoms with Crippen molar-refractivity contribution in [1.82, 2.24) is 10.6 Å². The number of rotatable bonds is 7. The molecule has 3 rings (SSSR count). The van der Waals surface area contributed by atoms with E-state index in [0.717, 1.165) is 36.8 Å². The Bertz CT molecular complexity index is 1210. The van der Waals surface area contributed by atoms with Gasteiger partial charge in [-0.3, -0.25) is 9.59 Å². The van der Waals surface area contributed by atoms with Gasteiger partial charge in [-0.25, -0.2) is 9.18 Å². The fraction of sp³-hybridized carbons (Fsp3) is 0.448. The Labute approximate surface area is 222 Å². The molecule has 1 saturated carbocycles. The van der Waals surface area contributed by atoms with Gasteiger partial charge in [-0.1, -0.05) is 56.0 Å². The molecule has 4 N–H and O–H groups in total. The molecule has 38 heavy (non-hydrogen) atoms. The van der Waals surface area contributed by atoms with E-state index in [1.807, 2.05) is 0 Å². The Balaban J connectivity index is 1.72. The van der Waals surface area contributed by atoms with E-state index in [1.165, 1.54) is 12.1 Å². The van der Waals surface area contributed by atoms with Crippen LogP contribution in [0.5, 0.6) is 0 Å². The van der Waals surface area contributed by atoms with Crippen LogP contribution in [-0.4, -0.2) is 35.1 Å². The van der Waals surface area contributed by atoms with Gasteiger partial charge >= 0.3 is 6.09 Å². The lowest BCUT2D eigenvalue weighted by molar-refractivity contribution is -0.128. The molecule has 0 spiro atoms. The van der Waals surface area contributed by atoms with E-state index < -0.39 is 40.9 Å². The van der Waals surface area contributed by atoms with Crippen LogP contribution in [-0.2, 0) is 16.0 Å². The normalized spacial score (nSPS) is 15.9. The van der Waals surface area contributed by atoms with Crippen LogP contribution in [0.2, 0.25) is 0 Å². The summed E-state index contributed by atoms with van der Waals surface area (Å²) in [6.07, 6.45) is 4.03. The zero-order valence-corrected chi connectivity index (χ0v) is 22.1. The first-order valence-electron chi connectivity index (χ1n) is 12.8. The number of nitrogens with zero attached hydrogens (tertiary/aromatic N) is 1. The molecule has 0 unspecified atom stereocenters. The molecule has 8 nitrogen and oxygen atoms in total. The zero-order chi connectivity index (χ0) is 27.9. The molecule has 0 radical (unpaired) electrons. The van der Waals surface area contributed by atoms with Gasteiger partial charge in [0.05, 0.1) is 11.6 Å². The molecule has 1 aliphatic carbocycles. The molecule has 0 aromatic heterocycles. The number of benzene rings is 2. The second-order valence-electron chi connectivity index (χ2n) is 10.7. The van der Waals surface area contributed by atoms with E-state index in [-0.39, 0.29) is 12.0 Å². The molecule has 1 aliphatic rings. The third-order valence-electron chi connectivity index (χ3n) is 6.55. The Morgan fingerprint density at radius 3 is 2.18 bits per heavy atom. The van der Waals surface area contributed by atoms with Gasteiger partial charge in [-0.2, -0.15) is 5.26 Å². The van der Waals surface area contributed by atoms with Crippen molar-refractivity contribution in [3.8, 4) is 17.2 Å². The minimum Gasteiger partial charge on any atom is -0.444 e. The van der Waals surface area contributed by atoms with E-state index >= 15 is 0 Å². The lowest BCUT2D eigenvalue weighted by atomic mass is 9.88. The van der Waals surface area contributed by atoms with Gasteiger partial charge in [-0.15, -0.1) is 0 Å². The van der Waals surface area contributed by atoms with Crippen LogP contribution < -0.4 is 16.4 Å². The Hall–Kier alpha value is -3.93. The van der Waals surface area contributed by atoms with Crippen molar-refractivity contribution < 1.29 is 23.5 Å². The highest BCUT2D eigenvalue weighted by atomic mass is 19.1. The monoisotopic (exact) mass is 522 g/mol. The van der Waals surface area contributed by atoms with E-state index in [1.54, 1.807) is 51.1 Å². The molecule has 0 saturated heterocycles. The number of nitrogens with one attached hydrogen (secondary N) is 2. The number of halogens is 1. The molecule has 0 heterocycles. The number of alkyl carbamates (subject to hydrolysis) is 1. The average molecular weight is 523 g/mol. The van der Waals surface area contributed by atoms with Gasteiger partial charge in [0.1, 0.15) is 23.0 Å². The number of ether oxygens (including phenoxy) is 1. The molecule has 3 amide bonds. The molecular formula is C29H35FN4O4. The highest BCUT2D eigenvalue weighted by Gasteiger charge is 2.41. The number of nitrogens with two attached hydrogens (primary N) is 1. The maximum absolute atomic E-state index is 14.2. The van der Waals surface area contributed by atoms with Crippen molar-refractivity contribution in [2.75, 3.05) is 0 Å². The van der Waals surface area contributed by atoms with Gasteiger partial charge in [-0.05, 0) is 62.4 Å². The van der Waals surface area contributed by atoms with E-state index in [2.05, 4.69) is 16.7 Å². The van der Waals surface area contributed by atoms with Crippen molar-refractivity contribution in [1.29, 1.82) is 5.26 Å². The number of amides is 3. The maximum atomic E-state index is 14.2. The summed E-state index contributed by atoms with van der Waals surface area (Å²) in [6, 6.07) is 12.7. The fourth-order valence-corrected chi connectivity index (χ4v) is 4.63. The van der Waals surface area contributed by atoms with Gasteiger partial charge in [0.2, 0.25) is 5.91 Å². The van der Waals surface area contributed by atoms with Crippen LogP contribution in [0.4, 0.5) is 9.18 Å². The number of hydrogen-bond acceptors (Lipinski definition) is 5. The predicted molar refractivity (Wildman–Crippen MR) is 141 cm³/mol. The zero-order valence-electron chi connectivity index (χ0n) is 22.1. The van der Waals surface area contributed by atoms with E-state index in [9.17, 15) is 24.0 Å². The smallest absolute Gasteiger partial charge is 0.408 e. The van der Waals surface area contributed by atoms with Crippen molar-refractivity contribution in [2.24, 2.45) is 5.73 Å². The quantitative estimate of drug-likeness (QED) is 0.451. The lowest BCUT2D eigenvalue weighted by Gasteiger charge is -2.34. The second-order valence-corrected chi connectivity index (χ2v) is 10.7. The molecular weight excluding hydrogens is 487 g/mol. The largest absolute Gasteiger partial charge is 0.444 e. The van der Waals surface area contributed by atoms with Crippen molar-refractivity contribution in [2.45, 2.75) is 82.9 Å². The fourth-order valence-electron chi connectivity index (χ4n) is 4.63. The summed E-state index contributed by atoms with van der Waals surface area (Å²) in [6.45, 7) is 5.28. The Kier molecular flexibility index (Phi) is 9.10. The van der Waals surface area contributed by atoms with Crippen molar-refractivity contribution >= 4 is 17.9 Å². The van der Waals surface area contributed by atoms with Crippen LogP contribution in [0.15, 0.2) is 42.5 Å². The van der Waals surface area contributed by atoms with Crippen molar-refractivity contribution in [3.05, 3.63) is 59.4 Å². The summed E-state index contributed by atoms with van der Waals surface area (Å²) < 4.78 is 19.6. The van der Waals surface area contributed by atoms with Gasteiger partial charge in [0.25, 0.3) is 5.91 Å². The third kappa shape index (κ3) is 7.54. The number of carbonyl (C=O) groups excluding carboxylic acids is 3. The topological polar surface area (TPSA) is 134 Å².